The number of nitrogens with one attached hydrogen (secondary N) is 1. The molecular formula is C27H43N3O5. The average molecular weight is 490 g/mol. The molecule has 1 unspecified atom stereocenters. The third-order valence-corrected chi connectivity index (χ3v) is 7.51. The Labute approximate surface area is 208 Å². The van der Waals surface area contributed by atoms with Crippen LogP contribution in [0.5, 0.6) is 0 Å². The van der Waals surface area contributed by atoms with Crippen LogP contribution in [-0.4, -0.2) is 63.3 Å². The van der Waals surface area contributed by atoms with Crippen molar-refractivity contribution in [3.05, 3.63) is 33.2 Å². The summed E-state index contributed by atoms with van der Waals surface area (Å²) < 4.78 is 1.88. The second-order valence-corrected chi connectivity index (χ2v) is 11.0. The highest BCUT2D eigenvalue weighted by Gasteiger charge is 2.34. The van der Waals surface area contributed by atoms with Crippen molar-refractivity contribution in [3.63, 3.8) is 0 Å². The quantitative estimate of drug-likeness (QED) is 0.519. The van der Waals surface area contributed by atoms with E-state index in [2.05, 4.69) is 5.32 Å². The lowest BCUT2D eigenvalue weighted by Crippen LogP contribution is -2.56. The first kappa shape index (κ1) is 27.4. The Hall–Kier alpha value is -2.19. The Kier molecular flexibility index (Phi) is 9.53. The van der Waals surface area contributed by atoms with Crippen LogP contribution in [-0.2, 0) is 24.2 Å². The van der Waals surface area contributed by atoms with Gasteiger partial charge in [-0.15, -0.1) is 0 Å². The lowest BCUT2D eigenvalue weighted by atomic mass is 9.88. The van der Waals surface area contributed by atoms with Gasteiger partial charge in [-0.05, 0) is 69.9 Å². The lowest BCUT2D eigenvalue weighted by molar-refractivity contribution is -0.137. The van der Waals surface area contributed by atoms with Crippen LogP contribution >= 0.6 is 0 Å². The zero-order valence-electron chi connectivity index (χ0n) is 21.6. The number of amides is 2. The summed E-state index contributed by atoms with van der Waals surface area (Å²) in [4.78, 5) is 41.3. The maximum Gasteiger partial charge on any atom is 0.263 e. The lowest BCUT2D eigenvalue weighted by Gasteiger charge is -2.31. The Balaban J connectivity index is 1.90. The van der Waals surface area contributed by atoms with Gasteiger partial charge in [0.25, 0.3) is 11.5 Å². The van der Waals surface area contributed by atoms with E-state index in [9.17, 15) is 19.5 Å². The highest BCUT2D eigenvalue weighted by molar-refractivity contribution is 5.98. The summed E-state index contributed by atoms with van der Waals surface area (Å²) in [5.74, 6) is -0.502. The molecule has 0 radical (unpaired) electrons. The molecular weight excluding hydrogens is 446 g/mol. The Morgan fingerprint density at radius 3 is 2.40 bits per heavy atom. The third kappa shape index (κ3) is 6.94. The first-order chi connectivity index (χ1) is 16.6. The van der Waals surface area contributed by atoms with Crippen molar-refractivity contribution in [3.8, 4) is 0 Å². The molecule has 3 N–H and O–H groups in total. The fourth-order valence-electron chi connectivity index (χ4n) is 5.56. The van der Waals surface area contributed by atoms with Gasteiger partial charge in [0, 0.05) is 25.8 Å². The molecule has 0 saturated heterocycles. The Morgan fingerprint density at radius 1 is 1.11 bits per heavy atom. The molecule has 1 atom stereocenters. The van der Waals surface area contributed by atoms with Crippen LogP contribution in [0.4, 0.5) is 0 Å². The van der Waals surface area contributed by atoms with Crippen molar-refractivity contribution < 1.29 is 19.8 Å². The Morgan fingerprint density at radius 2 is 1.74 bits per heavy atom. The van der Waals surface area contributed by atoms with Gasteiger partial charge in [0.1, 0.15) is 11.1 Å². The summed E-state index contributed by atoms with van der Waals surface area (Å²) in [5, 5.41) is 21.5. The molecule has 0 aromatic carbocycles. The van der Waals surface area contributed by atoms with Crippen molar-refractivity contribution in [1.29, 1.82) is 0 Å². The molecule has 1 heterocycles. The van der Waals surface area contributed by atoms with Crippen LogP contribution in [0, 0.1) is 5.92 Å². The van der Waals surface area contributed by atoms with Crippen LogP contribution in [0.1, 0.15) is 93.3 Å². The molecule has 2 aliphatic carbocycles. The number of rotatable bonds is 8. The van der Waals surface area contributed by atoms with Gasteiger partial charge in [-0.25, -0.2) is 0 Å². The summed E-state index contributed by atoms with van der Waals surface area (Å²) >= 11 is 0. The highest BCUT2D eigenvalue weighted by Crippen LogP contribution is 2.27. The minimum Gasteiger partial charge on any atom is -0.394 e. The third-order valence-electron chi connectivity index (χ3n) is 7.51. The van der Waals surface area contributed by atoms with E-state index in [1.807, 2.05) is 4.57 Å². The maximum atomic E-state index is 13.7. The number of pyridine rings is 1. The fraction of sp³-hybridized carbons (Fsp3) is 0.741. The number of aromatic nitrogens is 1. The number of carbonyl (C=O) groups excluding carboxylic acids is 2. The van der Waals surface area contributed by atoms with E-state index in [-0.39, 0.29) is 17.7 Å². The Bertz CT molecular complexity index is 949. The number of fused-ring (bicyclic) bond motifs is 1. The fourth-order valence-corrected chi connectivity index (χ4v) is 5.56. The summed E-state index contributed by atoms with van der Waals surface area (Å²) in [6, 6.07) is 1.76. The molecule has 3 rings (SSSR count). The van der Waals surface area contributed by atoms with Crippen LogP contribution in [0.25, 0.3) is 0 Å². The molecule has 1 fully saturated rings. The van der Waals surface area contributed by atoms with Gasteiger partial charge < -0.3 is 25.0 Å². The smallest absolute Gasteiger partial charge is 0.263 e. The number of hydrogen-bond acceptors (Lipinski definition) is 5. The molecule has 8 nitrogen and oxygen atoms in total. The molecule has 2 amide bonds. The minimum absolute atomic E-state index is 0.0539. The van der Waals surface area contributed by atoms with Gasteiger partial charge in [0.15, 0.2) is 0 Å². The summed E-state index contributed by atoms with van der Waals surface area (Å²) in [7, 11) is 1.51. The number of nitrogens with zero attached hydrogens (tertiary/aromatic N) is 2. The van der Waals surface area contributed by atoms with Crippen molar-refractivity contribution in [2.24, 2.45) is 5.92 Å². The normalized spacial score (nSPS) is 18.2. The monoisotopic (exact) mass is 489 g/mol. The van der Waals surface area contributed by atoms with Gasteiger partial charge in [-0.3, -0.25) is 14.4 Å². The zero-order valence-corrected chi connectivity index (χ0v) is 21.6. The molecule has 1 saturated carbocycles. The molecule has 2 aliphatic rings. The van der Waals surface area contributed by atoms with Gasteiger partial charge in [-0.1, -0.05) is 32.1 Å². The topological polar surface area (TPSA) is 112 Å². The summed E-state index contributed by atoms with van der Waals surface area (Å²) in [6.45, 7) is 3.32. The van der Waals surface area contributed by atoms with E-state index in [1.165, 1.54) is 31.2 Å². The molecule has 1 aromatic heterocycles. The molecule has 196 valence electrons. The first-order valence-electron chi connectivity index (χ1n) is 13.3. The molecule has 35 heavy (non-hydrogen) atoms. The number of carbonyl (C=O) groups is 2. The van der Waals surface area contributed by atoms with Crippen LogP contribution in [0.15, 0.2) is 10.9 Å². The maximum absolute atomic E-state index is 13.7. The number of aliphatic hydroxyl groups excluding tert-OH is 2. The molecule has 8 heteroatoms. The van der Waals surface area contributed by atoms with Gasteiger partial charge in [0.05, 0.1) is 12.7 Å². The number of likely N-dealkylation sites (N-methyl/N-ethyl adjacent to an activating group) is 1. The zero-order chi connectivity index (χ0) is 25.6. The van der Waals surface area contributed by atoms with E-state index in [1.54, 1.807) is 19.9 Å². The van der Waals surface area contributed by atoms with E-state index >= 15 is 0 Å². The number of aliphatic hydroxyl groups is 2. The van der Waals surface area contributed by atoms with E-state index in [4.69, 9.17) is 5.11 Å². The van der Waals surface area contributed by atoms with E-state index in [0.29, 0.717) is 12.5 Å². The summed E-state index contributed by atoms with van der Waals surface area (Å²) in [5.41, 5.74) is 0.715. The standard InChI is InChI=1S/C27H43N3O5/c1-27(2,26(35)29(3)17-21(32)18-31)28-24(33)22-15-20-13-9-4-5-10-14-23(20)30(25(22)34)16-19-11-7-6-8-12-19/h15,19,21,31-32H,4-14,16-18H2,1-3H3,(H,28,33). The van der Waals surface area contributed by atoms with Gasteiger partial charge in [-0.2, -0.15) is 0 Å². The van der Waals surface area contributed by atoms with Crippen molar-refractivity contribution in [2.75, 3.05) is 20.2 Å². The second kappa shape index (κ2) is 12.2. The van der Waals surface area contributed by atoms with Crippen LogP contribution < -0.4 is 10.9 Å². The summed E-state index contributed by atoms with van der Waals surface area (Å²) in [6.07, 6.45) is 10.9. The minimum atomic E-state index is -1.29. The SMILES string of the molecule is CN(CC(O)CO)C(=O)C(C)(C)NC(=O)c1cc2c(n(CC3CCCCC3)c1=O)CCCCCC2. The number of hydrogen-bond donors (Lipinski definition) is 3. The first-order valence-corrected chi connectivity index (χ1v) is 13.3. The van der Waals surface area contributed by atoms with E-state index < -0.39 is 30.1 Å². The second-order valence-electron chi connectivity index (χ2n) is 11.0. The van der Waals surface area contributed by atoms with Crippen molar-refractivity contribution >= 4 is 11.8 Å². The average Bonchev–Trinajstić information content (AvgIpc) is 2.81. The highest BCUT2D eigenvalue weighted by atomic mass is 16.3. The van der Waals surface area contributed by atoms with Crippen molar-refractivity contribution in [2.45, 2.75) is 103 Å². The van der Waals surface area contributed by atoms with Crippen molar-refractivity contribution in [1.82, 2.24) is 14.8 Å². The van der Waals surface area contributed by atoms with Gasteiger partial charge >= 0.3 is 0 Å². The van der Waals surface area contributed by atoms with Gasteiger partial charge in [0.2, 0.25) is 5.91 Å². The van der Waals surface area contributed by atoms with Crippen LogP contribution in [0.2, 0.25) is 0 Å². The predicted molar refractivity (Wildman–Crippen MR) is 135 cm³/mol. The molecule has 0 spiro atoms. The molecule has 0 aliphatic heterocycles. The number of aryl methyl sites for hydroxylation is 1. The van der Waals surface area contributed by atoms with E-state index in [0.717, 1.165) is 62.6 Å². The van der Waals surface area contributed by atoms with Crippen LogP contribution in [0.3, 0.4) is 0 Å². The molecule has 0 bridgehead atoms. The molecule has 1 aromatic rings. The largest absolute Gasteiger partial charge is 0.394 e. The predicted octanol–water partition coefficient (Wildman–Crippen LogP) is 2.41.